The zero-order valence-corrected chi connectivity index (χ0v) is 20.1. The number of halogens is 4. The molecule has 0 spiro atoms. The number of hydrogen-bond donors (Lipinski definition) is 4. The number of hydrogen-bond acceptors (Lipinski definition) is 8. The third kappa shape index (κ3) is 42.3. The highest BCUT2D eigenvalue weighted by atomic mass is 35.5. The summed E-state index contributed by atoms with van der Waals surface area (Å²) < 4.78 is 36.8. The monoisotopic (exact) mass is 499 g/mol. The van der Waals surface area contributed by atoms with Gasteiger partial charge in [-0.3, -0.25) is 4.84 Å². The second kappa shape index (κ2) is 25.4. The number of carbonyl (C=O) groups is 2. The number of aliphatic carboxylic acids is 1. The van der Waals surface area contributed by atoms with Gasteiger partial charge in [0, 0.05) is 21.1 Å². The van der Waals surface area contributed by atoms with E-state index in [0.29, 0.717) is 19.6 Å². The van der Waals surface area contributed by atoms with Crippen molar-refractivity contribution in [3.05, 3.63) is 25.3 Å². The molecule has 32 heavy (non-hydrogen) atoms. The first kappa shape index (κ1) is 40.5. The summed E-state index contributed by atoms with van der Waals surface area (Å²) in [6, 6.07) is 0. The number of ether oxygens (including phenoxy) is 1. The fourth-order valence-corrected chi connectivity index (χ4v) is 0.896. The molecular weight excluding hydrogens is 463 g/mol. The van der Waals surface area contributed by atoms with Crippen molar-refractivity contribution in [1.82, 2.24) is 16.0 Å². The third-order valence-electron chi connectivity index (χ3n) is 2.07. The Balaban J connectivity index is -0.000000114. The van der Waals surface area contributed by atoms with Gasteiger partial charge in [0.25, 0.3) is 0 Å². The molecule has 0 aromatic rings. The molecule has 0 radical (unpaired) electrons. The molecule has 0 atom stereocenters. The molecule has 0 aliphatic heterocycles. The maximum absolute atomic E-state index is 11.3. The van der Waals surface area contributed by atoms with Gasteiger partial charge in [-0.05, 0) is 33.6 Å². The second-order valence-corrected chi connectivity index (χ2v) is 6.04. The van der Waals surface area contributed by atoms with Crippen molar-refractivity contribution in [2.45, 2.75) is 45.4 Å². The normalized spacial score (nSPS) is 9.69. The van der Waals surface area contributed by atoms with Gasteiger partial charge in [-0.2, -0.15) is 18.2 Å². The minimum absolute atomic E-state index is 0. The van der Waals surface area contributed by atoms with Crippen molar-refractivity contribution in [3.63, 3.8) is 0 Å². The molecule has 14 heteroatoms. The highest BCUT2D eigenvalue weighted by Crippen LogP contribution is 2.13. The molecule has 0 saturated heterocycles. The summed E-state index contributed by atoms with van der Waals surface area (Å²) in [5.74, 6) is -2.76. The van der Waals surface area contributed by atoms with Gasteiger partial charge in [0.15, 0.2) is 0 Å². The van der Waals surface area contributed by atoms with E-state index in [1.807, 2.05) is 26.8 Å². The van der Waals surface area contributed by atoms with Crippen LogP contribution in [0, 0.1) is 0 Å². The number of nitrogens with zero attached hydrogens (tertiary/aromatic N) is 1. The summed E-state index contributed by atoms with van der Waals surface area (Å²) in [6.07, 6.45) is -0.421. The van der Waals surface area contributed by atoms with E-state index in [2.05, 4.69) is 18.6 Å². The van der Waals surface area contributed by atoms with Crippen molar-refractivity contribution in [2.24, 2.45) is 0 Å². The second-order valence-electron chi connectivity index (χ2n) is 6.04. The predicted octanol–water partition coefficient (Wildman–Crippen LogP) is 3.72. The summed E-state index contributed by atoms with van der Waals surface area (Å²) in [5, 5.41) is 15.5. The molecule has 0 bridgehead atoms. The van der Waals surface area contributed by atoms with Gasteiger partial charge in [0.05, 0.1) is 13.2 Å². The summed E-state index contributed by atoms with van der Waals surface area (Å²) in [6.45, 7) is 13.6. The lowest BCUT2D eigenvalue weighted by atomic mass is 10.2. The van der Waals surface area contributed by atoms with Gasteiger partial charge in [-0.1, -0.05) is 12.2 Å². The van der Waals surface area contributed by atoms with Gasteiger partial charge in [-0.15, -0.1) is 25.6 Å². The number of amides is 1. The van der Waals surface area contributed by atoms with Crippen LogP contribution in [-0.4, -0.2) is 73.6 Å². The molecule has 194 valence electrons. The Kier molecular flexibility index (Phi) is 32.1. The van der Waals surface area contributed by atoms with Crippen LogP contribution in [0.1, 0.15) is 33.6 Å². The summed E-state index contributed by atoms with van der Waals surface area (Å²) in [5.41, 5.74) is 3.81. The van der Waals surface area contributed by atoms with Gasteiger partial charge < -0.3 is 19.9 Å². The van der Waals surface area contributed by atoms with Gasteiger partial charge in [0.1, 0.15) is 5.60 Å². The van der Waals surface area contributed by atoms with E-state index in [9.17, 15) is 18.0 Å². The van der Waals surface area contributed by atoms with Crippen LogP contribution in [0.4, 0.5) is 18.0 Å². The van der Waals surface area contributed by atoms with Crippen molar-refractivity contribution in [3.8, 4) is 0 Å². The number of carboxylic acids is 1. The lowest BCUT2D eigenvalue weighted by molar-refractivity contribution is -0.192. The van der Waals surface area contributed by atoms with E-state index in [-0.39, 0.29) is 12.4 Å². The molecule has 0 heterocycles. The number of carboxylic acid groups (broad SMARTS) is 1. The van der Waals surface area contributed by atoms with Crippen molar-refractivity contribution in [1.29, 1.82) is 0 Å². The first-order chi connectivity index (χ1) is 14.1. The Bertz CT molecular complexity index is 478. The molecule has 0 aromatic heterocycles. The molecule has 0 aliphatic carbocycles. The Morgan fingerprint density at radius 1 is 1.06 bits per heavy atom. The van der Waals surface area contributed by atoms with Gasteiger partial charge >= 0.3 is 18.2 Å². The smallest absolute Gasteiger partial charge is 0.475 e. The molecular formula is C18H37ClF3N3O7. The molecule has 0 rings (SSSR count). The van der Waals surface area contributed by atoms with E-state index in [0.717, 1.165) is 11.5 Å². The molecule has 0 aliphatic rings. The van der Waals surface area contributed by atoms with E-state index < -0.39 is 23.8 Å². The van der Waals surface area contributed by atoms with Crippen molar-refractivity contribution in [2.75, 3.05) is 34.4 Å². The SMILES string of the molecule is C=CCCON(C)C(=O)OC(C)(C)C.C=CCCONC.CNO.Cl.O=C(O)C(F)(F)F. The zero-order chi connectivity index (χ0) is 25.5. The Hall–Kier alpha value is -1.90. The van der Waals surface area contributed by atoms with Crippen LogP contribution in [0.2, 0.25) is 0 Å². The third-order valence-corrected chi connectivity index (χ3v) is 2.07. The fourth-order valence-electron chi connectivity index (χ4n) is 0.896. The Morgan fingerprint density at radius 2 is 1.44 bits per heavy atom. The van der Waals surface area contributed by atoms with E-state index in [1.54, 1.807) is 18.6 Å². The van der Waals surface area contributed by atoms with Crippen LogP contribution < -0.4 is 11.0 Å². The molecule has 0 fully saturated rings. The predicted molar refractivity (Wildman–Crippen MR) is 116 cm³/mol. The number of alkyl halides is 3. The summed E-state index contributed by atoms with van der Waals surface area (Å²) >= 11 is 0. The summed E-state index contributed by atoms with van der Waals surface area (Å²) in [4.78, 5) is 30.0. The Labute approximate surface area is 193 Å². The van der Waals surface area contributed by atoms with E-state index >= 15 is 0 Å². The molecule has 10 nitrogen and oxygen atoms in total. The number of rotatable bonds is 8. The molecule has 0 aromatic carbocycles. The van der Waals surface area contributed by atoms with Gasteiger partial charge in [0.2, 0.25) is 0 Å². The average molecular weight is 500 g/mol. The molecule has 0 saturated carbocycles. The largest absolute Gasteiger partial charge is 0.490 e. The maximum Gasteiger partial charge on any atom is 0.490 e. The Morgan fingerprint density at radius 3 is 1.72 bits per heavy atom. The van der Waals surface area contributed by atoms with Crippen LogP contribution in [0.5, 0.6) is 0 Å². The number of nitrogens with one attached hydrogen (secondary N) is 2. The highest BCUT2D eigenvalue weighted by Gasteiger charge is 2.38. The van der Waals surface area contributed by atoms with Crippen LogP contribution >= 0.6 is 12.4 Å². The van der Waals surface area contributed by atoms with Crippen LogP contribution in [-0.2, 0) is 19.2 Å². The van der Waals surface area contributed by atoms with Crippen LogP contribution in [0.3, 0.4) is 0 Å². The maximum atomic E-state index is 11.3. The molecule has 0 unspecified atom stereocenters. The quantitative estimate of drug-likeness (QED) is 0.224. The first-order valence-corrected chi connectivity index (χ1v) is 8.85. The van der Waals surface area contributed by atoms with E-state index in [1.165, 1.54) is 14.1 Å². The average Bonchev–Trinajstić information content (AvgIpc) is 2.62. The number of hydroxylamine groups is 4. The minimum Gasteiger partial charge on any atom is -0.475 e. The zero-order valence-electron chi connectivity index (χ0n) is 19.3. The topological polar surface area (TPSA) is 130 Å². The highest BCUT2D eigenvalue weighted by molar-refractivity contribution is 5.85. The number of carbonyl (C=O) groups excluding carboxylic acids is 1. The van der Waals surface area contributed by atoms with Crippen molar-refractivity contribution < 1.29 is 47.5 Å². The van der Waals surface area contributed by atoms with Crippen molar-refractivity contribution >= 4 is 24.5 Å². The summed E-state index contributed by atoms with van der Waals surface area (Å²) in [7, 11) is 4.69. The van der Waals surface area contributed by atoms with Crippen LogP contribution in [0.15, 0.2) is 25.3 Å². The molecule has 1 amide bonds. The van der Waals surface area contributed by atoms with Crippen LogP contribution in [0.25, 0.3) is 0 Å². The van der Waals surface area contributed by atoms with Gasteiger partial charge in [-0.25, -0.2) is 20.5 Å². The fraction of sp³-hybridized carbons (Fsp3) is 0.667. The molecule has 4 N–H and O–H groups in total. The first-order valence-electron chi connectivity index (χ1n) is 8.85. The lowest BCUT2D eigenvalue weighted by Crippen LogP contribution is -2.34. The standard InChI is InChI=1S/C10H19NO3.C5H11NO.C2HF3O2.CH5NO.ClH/c1-6-7-8-13-11(5)9(12)14-10(2,3)4;1-3-4-5-7-6-2;3-2(4,5)1(6)7;1-2-3;/h6H,1,7-8H2,2-5H3;3,6H,1,4-5H2,2H3;(H,6,7);2-3H,1H3;1H. The lowest BCUT2D eigenvalue weighted by Gasteiger charge is -2.23. The van der Waals surface area contributed by atoms with E-state index in [4.69, 9.17) is 29.5 Å². The minimum atomic E-state index is -5.08.